The first-order valence-corrected chi connectivity index (χ1v) is 10.9. The standard InChI is InChI=1S/C24H27FN4O2/c1-15-12-20(15)21-9-8-19(31-21)14-29(18-6-7-18)24(30)27-22(23-26-10-11-28(23)2)16-4-3-5-17(25)13-16/h3-5,8-11,13,15,18,20,22H,6-7,12,14H2,1-2H3,(H,27,30). The van der Waals surface area contributed by atoms with Gasteiger partial charge in [-0.05, 0) is 55.0 Å². The van der Waals surface area contributed by atoms with Crippen LogP contribution in [0.3, 0.4) is 0 Å². The molecule has 1 aromatic carbocycles. The number of hydrogen-bond donors (Lipinski definition) is 1. The number of carbonyl (C=O) groups is 1. The van der Waals surface area contributed by atoms with E-state index in [1.165, 1.54) is 18.6 Å². The fourth-order valence-electron chi connectivity index (χ4n) is 4.16. The molecule has 6 nitrogen and oxygen atoms in total. The molecule has 3 aromatic rings. The van der Waals surface area contributed by atoms with Gasteiger partial charge in [0.25, 0.3) is 0 Å². The highest BCUT2D eigenvalue weighted by Crippen LogP contribution is 2.47. The molecule has 2 fully saturated rings. The highest BCUT2D eigenvalue weighted by Gasteiger charge is 2.38. The number of imidazole rings is 1. The Balaban J connectivity index is 1.37. The van der Waals surface area contributed by atoms with Crippen molar-refractivity contribution < 1.29 is 13.6 Å². The Hall–Kier alpha value is -3.09. The molecule has 0 bridgehead atoms. The van der Waals surface area contributed by atoms with Crippen molar-refractivity contribution >= 4 is 6.03 Å². The van der Waals surface area contributed by atoms with E-state index < -0.39 is 6.04 Å². The average molecular weight is 423 g/mol. The number of urea groups is 1. The second-order valence-corrected chi connectivity index (χ2v) is 8.82. The van der Waals surface area contributed by atoms with Gasteiger partial charge < -0.3 is 19.2 Å². The summed E-state index contributed by atoms with van der Waals surface area (Å²) < 4.78 is 21.8. The molecule has 2 heterocycles. The van der Waals surface area contributed by atoms with E-state index in [0.717, 1.165) is 24.4 Å². The molecule has 7 heteroatoms. The Bertz CT molecular complexity index is 1090. The Labute approximate surface area is 181 Å². The number of furan rings is 1. The van der Waals surface area contributed by atoms with E-state index in [1.807, 2.05) is 34.8 Å². The highest BCUT2D eigenvalue weighted by molar-refractivity contribution is 5.76. The number of nitrogens with zero attached hydrogens (tertiary/aromatic N) is 3. The van der Waals surface area contributed by atoms with Crippen molar-refractivity contribution in [2.45, 2.75) is 50.7 Å². The SMILES string of the molecule is CC1CC1c1ccc(CN(C(=O)NC(c2cccc(F)c2)c2nccn2C)C2CC2)o1. The summed E-state index contributed by atoms with van der Waals surface area (Å²) in [6.07, 6.45) is 6.62. The second kappa shape index (κ2) is 7.87. The minimum absolute atomic E-state index is 0.197. The van der Waals surface area contributed by atoms with E-state index in [-0.39, 0.29) is 17.9 Å². The van der Waals surface area contributed by atoms with Gasteiger partial charge >= 0.3 is 6.03 Å². The summed E-state index contributed by atoms with van der Waals surface area (Å²) in [7, 11) is 1.86. The monoisotopic (exact) mass is 422 g/mol. The molecule has 0 radical (unpaired) electrons. The molecule has 162 valence electrons. The molecule has 31 heavy (non-hydrogen) atoms. The largest absolute Gasteiger partial charge is 0.464 e. The molecular formula is C24H27FN4O2. The number of carbonyl (C=O) groups excluding carboxylic acids is 1. The van der Waals surface area contributed by atoms with Crippen molar-refractivity contribution in [3.63, 3.8) is 0 Å². The predicted octanol–water partition coefficient (Wildman–Crippen LogP) is 4.74. The molecule has 2 aliphatic carbocycles. The van der Waals surface area contributed by atoms with Gasteiger partial charge in [-0.15, -0.1) is 0 Å². The zero-order chi connectivity index (χ0) is 21.5. The topological polar surface area (TPSA) is 63.3 Å². The number of rotatable bonds is 7. The Kier molecular flexibility index (Phi) is 5.04. The fraction of sp³-hybridized carbons (Fsp3) is 0.417. The number of aromatic nitrogens is 2. The van der Waals surface area contributed by atoms with Crippen molar-refractivity contribution in [1.29, 1.82) is 0 Å². The van der Waals surface area contributed by atoms with Crippen molar-refractivity contribution in [2.24, 2.45) is 13.0 Å². The van der Waals surface area contributed by atoms with E-state index in [4.69, 9.17) is 4.42 Å². The number of benzene rings is 1. The van der Waals surface area contributed by atoms with E-state index in [9.17, 15) is 9.18 Å². The Morgan fingerprint density at radius 3 is 2.81 bits per heavy atom. The normalized spacial score (nSPS) is 21.0. The number of amides is 2. The van der Waals surface area contributed by atoms with Gasteiger partial charge in [0.1, 0.15) is 29.2 Å². The summed E-state index contributed by atoms with van der Waals surface area (Å²) in [5.41, 5.74) is 0.654. The molecule has 2 saturated carbocycles. The first kappa shape index (κ1) is 19.8. The molecule has 5 rings (SSSR count). The van der Waals surface area contributed by atoms with Gasteiger partial charge in [-0.3, -0.25) is 0 Å². The first-order chi connectivity index (χ1) is 15.0. The summed E-state index contributed by atoms with van der Waals surface area (Å²) in [6, 6.07) is 9.75. The maximum Gasteiger partial charge on any atom is 0.318 e. The maximum absolute atomic E-state index is 13.9. The Morgan fingerprint density at radius 1 is 1.35 bits per heavy atom. The maximum atomic E-state index is 13.9. The van der Waals surface area contributed by atoms with Crippen molar-refractivity contribution in [3.8, 4) is 0 Å². The number of nitrogens with one attached hydrogen (secondary N) is 1. The lowest BCUT2D eigenvalue weighted by molar-refractivity contribution is 0.183. The van der Waals surface area contributed by atoms with E-state index in [2.05, 4.69) is 17.2 Å². The van der Waals surface area contributed by atoms with Crippen LogP contribution in [0.25, 0.3) is 0 Å². The van der Waals surface area contributed by atoms with Crippen molar-refractivity contribution in [3.05, 3.63) is 77.5 Å². The van der Waals surface area contributed by atoms with E-state index >= 15 is 0 Å². The quantitative estimate of drug-likeness (QED) is 0.598. The van der Waals surface area contributed by atoms with Gasteiger partial charge in [-0.2, -0.15) is 0 Å². The van der Waals surface area contributed by atoms with Crippen LogP contribution >= 0.6 is 0 Å². The molecular weight excluding hydrogens is 395 g/mol. The molecule has 3 atom stereocenters. The van der Waals surface area contributed by atoms with E-state index in [0.29, 0.717) is 29.8 Å². The van der Waals surface area contributed by atoms with Gasteiger partial charge in [0, 0.05) is 31.4 Å². The molecule has 2 amide bonds. The van der Waals surface area contributed by atoms with Crippen molar-refractivity contribution in [1.82, 2.24) is 19.8 Å². The fourth-order valence-corrected chi connectivity index (χ4v) is 4.16. The zero-order valence-corrected chi connectivity index (χ0v) is 17.8. The minimum atomic E-state index is -0.552. The van der Waals surface area contributed by atoms with Crippen LogP contribution in [-0.4, -0.2) is 26.5 Å². The summed E-state index contributed by atoms with van der Waals surface area (Å²) in [6.45, 7) is 2.65. The molecule has 0 spiro atoms. The summed E-state index contributed by atoms with van der Waals surface area (Å²) in [5.74, 6) is 3.31. The molecule has 1 N–H and O–H groups in total. The van der Waals surface area contributed by atoms with Crippen LogP contribution in [0.1, 0.15) is 61.1 Å². The van der Waals surface area contributed by atoms with Crippen LogP contribution in [0.5, 0.6) is 0 Å². The van der Waals surface area contributed by atoms with Gasteiger partial charge in [0.2, 0.25) is 0 Å². The van der Waals surface area contributed by atoms with Gasteiger partial charge in [0.05, 0.1) is 6.54 Å². The van der Waals surface area contributed by atoms with Crippen LogP contribution in [0.15, 0.2) is 53.2 Å². The number of hydrogen-bond acceptors (Lipinski definition) is 3. The van der Waals surface area contributed by atoms with Crippen LogP contribution in [0.2, 0.25) is 0 Å². The summed E-state index contributed by atoms with van der Waals surface area (Å²) >= 11 is 0. The minimum Gasteiger partial charge on any atom is -0.464 e. The third kappa shape index (κ3) is 4.22. The molecule has 0 aliphatic heterocycles. The third-order valence-corrected chi connectivity index (χ3v) is 6.30. The summed E-state index contributed by atoms with van der Waals surface area (Å²) in [5, 5.41) is 3.09. The van der Waals surface area contributed by atoms with Gasteiger partial charge in [-0.1, -0.05) is 19.1 Å². The molecule has 2 aliphatic rings. The van der Waals surface area contributed by atoms with Gasteiger partial charge in [-0.25, -0.2) is 14.2 Å². The van der Waals surface area contributed by atoms with Crippen LogP contribution in [-0.2, 0) is 13.6 Å². The average Bonchev–Trinajstić information content (AvgIpc) is 3.63. The number of halogens is 1. The molecule has 0 saturated heterocycles. The van der Waals surface area contributed by atoms with Gasteiger partial charge in [0.15, 0.2) is 0 Å². The lowest BCUT2D eigenvalue weighted by Gasteiger charge is -2.26. The Morgan fingerprint density at radius 2 is 2.16 bits per heavy atom. The molecule has 2 aromatic heterocycles. The summed E-state index contributed by atoms with van der Waals surface area (Å²) in [4.78, 5) is 19.6. The van der Waals surface area contributed by atoms with Crippen LogP contribution in [0, 0.1) is 11.7 Å². The smallest absolute Gasteiger partial charge is 0.318 e. The lowest BCUT2D eigenvalue weighted by atomic mass is 10.1. The first-order valence-electron chi connectivity index (χ1n) is 10.9. The van der Waals surface area contributed by atoms with Crippen LogP contribution in [0.4, 0.5) is 9.18 Å². The van der Waals surface area contributed by atoms with Crippen molar-refractivity contribution in [2.75, 3.05) is 0 Å². The predicted molar refractivity (Wildman–Crippen MR) is 114 cm³/mol. The number of aryl methyl sites for hydroxylation is 1. The highest BCUT2D eigenvalue weighted by atomic mass is 19.1. The van der Waals surface area contributed by atoms with E-state index in [1.54, 1.807) is 18.3 Å². The lowest BCUT2D eigenvalue weighted by Crippen LogP contribution is -2.43. The second-order valence-electron chi connectivity index (χ2n) is 8.82. The molecule has 3 unspecified atom stereocenters. The zero-order valence-electron chi connectivity index (χ0n) is 17.8. The van der Waals surface area contributed by atoms with Crippen LogP contribution < -0.4 is 5.32 Å². The third-order valence-electron chi connectivity index (χ3n) is 6.30.